The molecule has 0 bridgehead atoms. The summed E-state index contributed by atoms with van der Waals surface area (Å²) in [5, 5.41) is 5.52. The Kier molecular flexibility index (Phi) is 4.92. The van der Waals surface area contributed by atoms with E-state index in [2.05, 4.69) is 34.8 Å². The van der Waals surface area contributed by atoms with E-state index in [1.165, 1.54) is 23.1 Å². The van der Waals surface area contributed by atoms with Gasteiger partial charge < -0.3 is 0 Å². The lowest BCUT2D eigenvalue weighted by Crippen LogP contribution is -2.29. The molecular weight excluding hydrogens is 374 g/mol. The summed E-state index contributed by atoms with van der Waals surface area (Å²) in [6, 6.07) is 14.3. The highest BCUT2D eigenvalue weighted by molar-refractivity contribution is 8.18. The molecule has 1 aromatic heterocycles. The Morgan fingerprint density at radius 3 is 2.81 bits per heavy atom. The zero-order valence-electron chi connectivity index (χ0n) is 14.8. The van der Waals surface area contributed by atoms with E-state index in [1.807, 2.05) is 42.6 Å². The van der Waals surface area contributed by atoms with Crippen LogP contribution in [-0.4, -0.2) is 27.5 Å². The van der Waals surface area contributed by atoms with Crippen LogP contribution < -0.4 is 0 Å². The van der Waals surface area contributed by atoms with Crippen LogP contribution in [-0.2, 0) is 4.79 Å². The standard InChI is InChI=1S/C21H17N3OS2/c1-3-11-24-19(25)18(27-21(24)23-20-22-14(2)13-26-20)12-16-9-6-8-15-7-4-5-10-17(15)16/h3-10,12-13H,1,11H2,2H3/b18-12-,23-21+. The first-order valence-electron chi connectivity index (χ1n) is 8.46. The summed E-state index contributed by atoms with van der Waals surface area (Å²) in [5.41, 5.74) is 1.95. The van der Waals surface area contributed by atoms with Crippen molar-refractivity contribution in [3.05, 3.63) is 76.7 Å². The molecule has 0 radical (unpaired) electrons. The number of thioether (sulfide) groups is 1. The van der Waals surface area contributed by atoms with Crippen molar-refractivity contribution in [1.29, 1.82) is 0 Å². The number of hydrogen-bond acceptors (Lipinski definition) is 5. The van der Waals surface area contributed by atoms with Gasteiger partial charge in [-0.25, -0.2) is 4.98 Å². The van der Waals surface area contributed by atoms with Gasteiger partial charge in [0, 0.05) is 11.9 Å². The number of hydrogen-bond donors (Lipinski definition) is 0. The van der Waals surface area contributed by atoms with Crippen LogP contribution in [0.25, 0.3) is 16.8 Å². The van der Waals surface area contributed by atoms with Crippen LogP contribution in [0.2, 0.25) is 0 Å². The second-order valence-corrected chi connectivity index (χ2v) is 7.89. The van der Waals surface area contributed by atoms with Crippen LogP contribution in [0.4, 0.5) is 5.13 Å². The van der Waals surface area contributed by atoms with Gasteiger partial charge in [0.05, 0.1) is 10.6 Å². The SMILES string of the molecule is C=CCN1C(=O)/C(=C/c2cccc3ccccc23)S/C1=N/c1nc(C)cs1. The minimum atomic E-state index is -0.0557. The van der Waals surface area contributed by atoms with Gasteiger partial charge in [0.15, 0.2) is 5.17 Å². The fourth-order valence-corrected chi connectivity index (χ4v) is 4.58. The molecule has 3 aromatic rings. The first-order chi connectivity index (χ1) is 13.2. The molecule has 2 heterocycles. The van der Waals surface area contributed by atoms with Crippen molar-refractivity contribution in [2.45, 2.75) is 6.92 Å². The quantitative estimate of drug-likeness (QED) is 0.442. The molecule has 0 atom stereocenters. The van der Waals surface area contributed by atoms with Crippen molar-refractivity contribution in [2.75, 3.05) is 6.54 Å². The molecule has 0 N–H and O–H groups in total. The number of nitrogens with zero attached hydrogens (tertiary/aromatic N) is 3. The minimum absolute atomic E-state index is 0.0557. The van der Waals surface area contributed by atoms with Crippen LogP contribution >= 0.6 is 23.1 Å². The van der Waals surface area contributed by atoms with Gasteiger partial charge in [-0.15, -0.1) is 17.9 Å². The molecule has 0 spiro atoms. The number of carbonyl (C=O) groups excluding carboxylic acids is 1. The average molecular weight is 392 g/mol. The Bertz CT molecular complexity index is 1090. The van der Waals surface area contributed by atoms with Crippen molar-refractivity contribution >= 4 is 56.2 Å². The Morgan fingerprint density at radius 1 is 1.22 bits per heavy atom. The number of aryl methyl sites for hydroxylation is 1. The monoisotopic (exact) mass is 391 g/mol. The molecule has 1 saturated heterocycles. The van der Waals surface area contributed by atoms with Gasteiger partial charge in [-0.2, -0.15) is 4.99 Å². The van der Waals surface area contributed by atoms with Gasteiger partial charge in [-0.3, -0.25) is 9.69 Å². The van der Waals surface area contributed by atoms with Crippen LogP contribution in [0.3, 0.4) is 0 Å². The summed E-state index contributed by atoms with van der Waals surface area (Å²) in [5.74, 6) is -0.0557. The van der Waals surface area contributed by atoms with E-state index in [9.17, 15) is 4.79 Å². The molecule has 134 valence electrons. The van der Waals surface area contributed by atoms with Crippen LogP contribution in [0.5, 0.6) is 0 Å². The molecule has 0 saturated carbocycles. The first-order valence-corrected chi connectivity index (χ1v) is 10.2. The first kappa shape index (κ1) is 17.7. The molecule has 2 aromatic carbocycles. The third kappa shape index (κ3) is 3.59. The van der Waals surface area contributed by atoms with E-state index in [1.54, 1.807) is 11.0 Å². The Balaban J connectivity index is 1.75. The Labute approximate surface area is 166 Å². The summed E-state index contributed by atoms with van der Waals surface area (Å²) < 4.78 is 0. The van der Waals surface area contributed by atoms with E-state index >= 15 is 0 Å². The zero-order chi connectivity index (χ0) is 18.8. The van der Waals surface area contributed by atoms with E-state index in [-0.39, 0.29) is 5.91 Å². The van der Waals surface area contributed by atoms with Crippen molar-refractivity contribution in [2.24, 2.45) is 4.99 Å². The second-order valence-electron chi connectivity index (χ2n) is 6.05. The summed E-state index contributed by atoms with van der Waals surface area (Å²) in [6.45, 7) is 6.11. The van der Waals surface area contributed by atoms with Gasteiger partial charge >= 0.3 is 0 Å². The molecule has 4 rings (SSSR count). The molecule has 0 aliphatic carbocycles. The molecule has 1 amide bonds. The maximum absolute atomic E-state index is 12.9. The van der Waals surface area contributed by atoms with E-state index in [0.717, 1.165) is 22.0 Å². The third-order valence-corrected chi connectivity index (χ3v) is 5.97. The molecule has 1 fully saturated rings. The zero-order valence-corrected chi connectivity index (χ0v) is 16.4. The maximum Gasteiger partial charge on any atom is 0.267 e. The smallest absolute Gasteiger partial charge is 0.267 e. The highest BCUT2D eigenvalue weighted by Crippen LogP contribution is 2.35. The fraction of sp³-hybridized carbons (Fsp3) is 0.0952. The van der Waals surface area contributed by atoms with E-state index in [0.29, 0.717) is 21.7 Å². The Morgan fingerprint density at radius 2 is 2.04 bits per heavy atom. The van der Waals surface area contributed by atoms with Gasteiger partial charge in [-0.05, 0) is 41.1 Å². The number of amides is 1. The largest absolute Gasteiger partial charge is 0.282 e. The van der Waals surface area contributed by atoms with Crippen molar-refractivity contribution in [1.82, 2.24) is 9.88 Å². The fourth-order valence-electron chi connectivity index (χ4n) is 2.87. The summed E-state index contributed by atoms with van der Waals surface area (Å²) in [4.78, 5) is 24.2. The molecule has 1 aliphatic rings. The summed E-state index contributed by atoms with van der Waals surface area (Å²) in [6.07, 6.45) is 3.66. The number of amidine groups is 1. The van der Waals surface area contributed by atoms with Crippen LogP contribution in [0, 0.1) is 6.92 Å². The number of carbonyl (C=O) groups is 1. The number of aromatic nitrogens is 1. The number of benzene rings is 2. The number of rotatable bonds is 4. The van der Waals surface area contributed by atoms with Gasteiger partial charge in [0.25, 0.3) is 5.91 Å². The molecule has 6 heteroatoms. The summed E-state index contributed by atoms with van der Waals surface area (Å²) >= 11 is 2.85. The van der Waals surface area contributed by atoms with E-state index in [4.69, 9.17) is 0 Å². The lowest BCUT2D eigenvalue weighted by molar-refractivity contribution is -0.121. The summed E-state index contributed by atoms with van der Waals surface area (Å²) in [7, 11) is 0. The van der Waals surface area contributed by atoms with Gasteiger partial charge in [-0.1, -0.05) is 48.5 Å². The number of aliphatic imine (C=N–C) groups is 1. The van der Waals surface area contributed by atoms with Crippen molar-refractivity contribution in [3.63, 3.8) is 0 Å². The molecular formula is C21H17N3OS2. The second kappa shape index (κ2) is 7.50. The lowest BCUT2D eigenvalue weighted by atomic mass is 10.0. The minimum Gasteiger partial charge on any atom is -0.282 e. The number of thiazole rings is 1. The van der Waals surface area contributed by atoms with Crippen molar-refractivity contribution < 1.29 is 4.79 Å². The molecule has 4 nitrogen and oxygen atoms in total. The molecule has 1 aliphatic heterocycles. The van der Waals surface area contributed by atoms with Gasteiger partial charge in [0.2, 0.25) is 5.13 Å². The normalized spacial score (nSPS) is 17.4. The predicted octanol–water partition coefficient (Wildman–Crippen LogP) is 5.39. The van der Waals surface area contributed by atoms with Crippen LogP contribution in [0.1, 0.15) is 11.3 Å². The topological polar surface area (TPSA) is 45.6 Å². The highest BCUT2D eigenvalue weighted by Gasteiger charge is 2.33. The number of fused-ring (bicyclic) bond motifs is 1. The third-order valence-electron chi connectivity index (χ3n) is 4.11. The highest BCUT2D eigenvalue weighted by atomic mass is 32.2. The van der Waals surface area contributed by atoms with Crippen molar-refractivity contribution in [3.8, 4) is 0 Å². The predicted molar refractivity (Wildman–Crippen MR) is 115 cm³/mol. The molecule has 27 heavy (non-hydrogen) atoms. The lowest BCUT2D eigenvalue weighted by Gasteiger charge is -2.11. The van der Waals surface area contributed by atoms with E-state index < -0.39 is 0 Å². The molecule has 0 unspecified atom stereocenters. The maximum atomic E-state index is 12.9. The average Bonchev–Trinajstić information content (AvgIpc) is 3.21. The van der Waals surface area contributed by atoms with Gasteiger partial charge in [0.1, 0.15) is 0 Å². The van der Waals surface area contributed by atoms with Crippen LogP contribution in [0.15, 0.2) is 70.4 Å². The Hall–Kier alpha value is -2.70.